The number of rotatable bonds is 4. The third-order valence-corrected chi connectivity index (χ3v) is 2.80. The lowest BCUT2D eigenvalue weighted by Crippen LogP contribution is -2.29. The molecule has 1 aromatic heterocycles. The van der Waals surface area contributed by atoms with Crippen LogP contribution in [0.4, 0.5) is 24.8 Å². The van der Waals surface area contributed by atoms with Crippen molar-refractivity contribution >= 4 is 11.6 Å². The van der Waals surface area contributed by atoms with Gasteiger partial charge in [0.1, 0.15) is 11.6 Å². The van der Waals surface area contributed by atoms with Gasteiger partial charge in [0, 0.05) is 20.1 Å². The van der Waals surface area contributed by atoms with Gasteiger partial charge in [-0.05, 0) is 19.1 Å². The van der Waals surface area contributed by atoms with E-state index in [2.05, 4.69) is 10.3 Å². The number of aromatic nitrogens is 1. The summed E-state index contributed by atoms with van der Waals surface area (Å²) in [5.41, 5.74) is -0.766. The van der Waals surface area contributed by atoms with Gasteiger partial charge in [-0.15, -0.1) is 0 Å². The van der Waals surface area contributed by atoms with Crippen LogP contribution in [0.3, 0.4) is 0 Å². The molecular weight excluding hydrogens is 257 g/mol. The van der Waals surface area contributed by atoms with Crippen LogP contribution < -0.4 is 10.2 Å². The van der Waals surface area contributed by atoms with E-state index in [9.17, 15) is 13.2 Å². The van der Waals surface area contributed by atoms with Crippen LogP contribution in [0, 0.1) is 11.3 Å². The Morgan fingerprint density at radius 3 is 2.58 bits per heavy atom. The van der Waals surface area contributed by atoms with Gasteiger partial charge in [-0.1, -0.05) is 0 Å². The second-order valence-corrected chi connectivity index (χ2v) is 4.17. The number of hydrogen-bond acceptors (Lipinski definition) is 4. The van der Waals surface area contributed by atoms with E-state index in [-0.39, 0.29) is 24.1 Å². The van der Waals surface area contributed by atoms with Crippen LogP contribution in [0.25, 0.3) is 0 Å². The van der Waals surface area contributed by atoms with Gasteiger partial charge in [0.2, 0.25) is 0 Å². The van der Waals surface area contributed by atoms with Gasteiger partial charge in [-0.3, -0.25) is 0 Å². The molecule has 0 amide bonds. The van der Waals surface area contributed by atoms with E-state index in [1.54, 1.807) is 18.9 Å². The number of anilines is 2. The van der Waals surface area contributed by atoms with Gasteiger partial charge in [0.25, 0.3) is 0 Å². The summed E-state index contributed by atoms with van der Waals surface area (Å²) in [6.07, 6.45) is -4.22. The standard InChI is InChI=1S/C12H15F3N4/c1-8(4-5-16)19(3)11-7-9(12(13,14)15)6-10(17-2)18-11/h6-8H,4H2,1-3H3,(H,17,18). The minimum atomic E-state index is -4.43. The summed E-state index contributed by atoms with van der Waals surface area (Å²) < 4.78 is 38.3. The number of alkyl halides is 3. The van der Waals surface area contributed by atoms with E-state index < -0.39 is 11.7 Å². The fourth-order valence-electron chi connectivity index (χ4n) is 1.48. The van der Waals surface area contributed by atoms with Crippen LogP contribution in [-0.2, 0) is 6.18 Å². The van der Waals surface area contributed by atoms with E-state index in [1.165, 1.54) is 7.05 Å². The van der Waals surface area contributed by atoms with Crippen LogP contribution in [-0.4, -0.2) is 25.1 Å². The highest BCUT2D eigenvalue weighted by Gasteiger charge is 2.32. The van der Waals surface area contributed by atoms with Crippen LogP contribution in [0.2, 0.25) is 0 Å². The maximum Gasteiger partial charge on any atom is 0.416 e. The third-order valence-electron chi connectivity index (χ3n) is 2.80. The fourth-order valence-corrected chi connectivity index (χ4v) is 1.48. The molecule has 1 rings (SSSR count). The second-order valence-electron chi connectivity index (χ2n) is 4.17. The Labute approximate surface area is 109 Å². The van der Waals surface area contributed by atoms with E-state index in [0.717, 1.165) is 12.1 Å². The molecule has 1 N–H and O–H groups in total. The number of nitrogens with one attached hydrogen (secondary N) is 1. The molecule has 0 aromatic carbocycles. The van der Waals surface area contributed by atoms with Crippen LogP contribution in [0.5, 0.6) is 0 Å². The molecule has 1 aromatic rings. The predicted molar refractivity (Wildman–Crippen MR) is 66.9 cm³/mol. The zero-order valence-corrected chi connectivity index (χ0v) is 10.9. The number of nitriles is 1. The van der Waals surface area contributed by atoms with Gasteiger partial charge < -0.3 is 10.2 Å². The highest BCUT2D eigenvalue weighted by Crippen LogP contribution is 2.33. The van der Waals surface area contributed by atoms with Gasteiger partial charge >= 0.3 is 6.18 Å². The van der Waals surface area contributed by atoms with Crippen LogP contribution in [0.15, 0.2) is 12.1 Å². The maximum atomic E-state index is 12.8. The molecule has 0 fully saturated rings. The third kappa shape index (κ3) is 3.74. The monoisotopic (exact) mass is 272 g/mol. The summed E-state index contributed by atoms with van der Waals surface area (Å²) in [5.74, 6) is 0.322. The van der Waals surface area contributed by atoms with Gasteiger partial charge in [0.15, 0.2) is 0 Å². The lowest BCUT2D eigenvalue weighted by molar-refractivity contribution is -0.137. The van der Waals surface area contributed by atoms with E-state index in [4.69, 9.17) is 5.26 Å². The van der Waals surface area contributed by atoms with Crippen molar-refractivity contribution in [3.63, 3.8) is 0 Å². The van der Waals surface area contributed by atoms with Crippen molar-refractivity contribution in [1.82, 2.24) is 4.98 Å². The average molecular weight is 272 g/mol. The number of pyridine rings is 1. The van der Waals surface area contributed by atoms with Crippen molar-refractivity contribution in [2.75, 3.05) is 24.3 Å². The Balaban J connectivity index is 3.17. The first-order valence-corrected chi connectivity index (χ1v) is 5.66. The van der Waals surface area contributed by atoms with Gasteiger partial charge in [0.05, 0.1) is 18.1 Å². The minimum absolute atomic E-state index is 0.140. The smallest absolute Gasteiger partial charge is 0.373 e. The summed E-state index contributed by atoms with van der Waals surface area (Å²) in [4.78, 5) is 5.63. The first-order chi connectivity index (χ1) is 8.79. The first-order valence-electron chi connectivity index (χ1n) is 5.66. The Kier molecular flexibility index (Phi) is 4.59. The van der Waals surface area contributed by atoms with E-state index >= 15 is 0 Å². The molecule has 0 aliphatic carbocycles. The quantitative estimate of drug-likeness (QED) is 0.915. The van der Waals surface area contributed by atoms with Crippen LogP contribution >= 0.6 is 0 Å². The first kappa shape index (κ1) is 15.1. The zero-order valence-electron chi connectivity index (χ0n) is 10.9. The van der Waals surface area contributed by atoms with Crippen molar-refractivity contribution in [2.45, 2.75) is 25.6 Å². The molecule has 1 atom stereocenters. The number of halogens is 3. The zero-order chi connectivity index (χ0) is 14.6. The highest BCUT2D eigenvalue weighted by molar-refractivity contribution is 5.51. The molecule has 0 spiro atoms. The Bertz CT molecular complexity index is 479. The SMILES string of the molecule is CNc1cc(C(F)(F)F)cc(N(C)C(C)CC#N)n1. The largest absolute Gasteiger partial charge is 0.416 e. The van der Waals surface area contributed by atoms with Crippen molar-refractivity contribution in [1.29, 1.82) is 5.26 Å². The Morgan fingerprint density at radius 1 is 1.47 bits per heavy atom. The van der Waals surface area contributed by atoms with E-state index in [1.807, 2.05) is 6.07 Å². The Morgan fingerprint density at radius 2 is 2.11 bits per heavy atom. The summed E-state index contributed by atoms with van der Waals surface area (Å²) in [6, 6.07) is 3.70. The minimum Gasteiger partial charge on any atom is -0.373 e. The average Bonchev–Trinajstić information content (AvgIpc) is 2.36. The normalized spacial score (nSPS) is 12.7. The van der Waals surface area contributed by atoms with E-state index in [0.29, 0.717) is 0 Å². The van der Waals surface area contributed by atoms with Gasteiger partial charge in [-0.2, -0.15) is 18.4 Å². The molecule has 0 aliphatic heterocycles. The molecule has 104 valence electrons. The lowest BCUT2D eigenvalue weighted by atomic mass is 10.2. The molecule has 7 heteroatoms. The molecule has 0 radical (unpaired) electrons. The lowest BCUT2D eigenvalue weighted by Gasteiger charge is -2.25. The number of nitrogens with zero attached hydrogens (tertiary/aromatic N) is 3. The molecular formula is C12H15F3N4. The molecule has 19 heavy (non-hydrogen) atoms. The topological polar surface area (TPSA) is 52.0 Å². The Hall–Kier alpha value is -1.97. The molecule has 0 bridgehead atoms. The summed E-state index contributed by atoms with van der Waals surface area (Å²) in [7, 11) is 3.12. The van der Waals surface area contributed by atoms with Crippen molar-refractivity contribution in [3.05, 3.63) is 17.7 Å². The molecule has 0 saturated carbocycles. The fraction of sp³-hybridized carbons (Fsp3) is 0.500. The van der Waals surface area contributed by atoms with Crippen molar-refractivity contribution < 1.29 is 13.2 Å². The summed E-state index contributed by atoms with van der Waals surface area (Å²) in [5, 5.41) is 11.2. The van der Waals surface area contributed by atoms with Gasteiger partial charge in [-0.25, -0.2) is 4.98 Å². The highest BCUT2D eigenvalue weighted by atomic mass is 19.4. The molecule has 4 nitrogen and oxygen atoms in total. The molecule has 1 unspecified atom stereocenters. The molecule has 0 aliphatic rings. The molecule has 0 saturated heterocycles. The number of hydrogen-bond donors (Lipinski definition) is 1. The maximum absolute atomic E-state index is 12.8. The van der Waals surface area contributed by atoms with Crippen molar-refractivity contribution in [3.8, 4) is 6.07 Å². The second kappa shape index (κ2) is 5.78. The molecule has 1 heterocycles. The summed E-state index contributed by atoms with van der Waals surface area (Å²) >= 11 is 0. The summed E-state index contributed by atoms with van der Waals surface area (Å²) in [6.45, 7) is 1.75. The predicted octanol–water partition coefficient (Wildman–Crippen LogP) is 2.88. The van der Waals surface area contributed by atoms with Crippen molar-refractivity contribution in [2.24, 2.45) is 0 Å². The van der Waals surface area contributed by atoms with Crippen LogP contribution in [0.1, 0.15) is 18.9 Å².